The summed E-state index contributed by atoms with van der Waals surface area (Å²) in [4.78, 5) is 25.6. The molecule has 2 heterocycles. The van der Waals surface area contributed by atoms with Gasteiger partial charge in [-0.2, -0.15) is 0 Å². The fourth-order valence-corrected chi connectivity index (χ4v) is 5.42. The SMILES string of the molecule is CN(C)[C@]1(c2cccc(F)c2)CC[C@]2(CC1)CN(c1cnc(C3CC3)nc1Cl)C(=O)N2. The van der Waals surface area contributed by atoms with Gasteiger partial charge in [-0.1, -0.05) is 23.7 Å². The number of urea groups is 1. The number of benzene rings is 1. The predicted molar refractivity (Wildman–Crippen MR) is 118 cm³/mol. The Morgan fingerprint density at radius 1 is 1.23 bits per heavy atom. The lowest BCUT2D eigenvalue weighted by Crippen LogP contribution is -2.54. The average Bonchev–Trinajstić information content (AvgIpc) is 3.54. The second-order valence-corrected chi connectivity index (χ2v) is 9.77. The van der Waals surface area contributed by atoms with Gasteiger partial charge in [-0.15, -0.1) is 0 Å². The lowest BCUT2D eigenvalue weighted by Gasteiger charge is -2.48. The molecule has 0 radical (unpaired) electrons. The number of halogens is 2. The number of nitrogens with zero attached hydrogens (tertiary/aromatic N) is 4. The summed E-state index contributed by atoms with van der Waals surface area (Å²) in [6.07, 6.45) is 7.11. The Labute approximate surface area is 186 Å². The van der Waals surface area contributed by atoms with Gasteiger partial charge in [0.05, 0.1) is 18.3 Å². The third kappa shape index (κ3) is 3.57. The summed E-state index contributed by atoms with van der Waals surface area (Å²) in [5.74, 6) is 0.959. The average molecular weight is 444 g/mol. The molecule has 0 atom stereocenters. The summed E-state index contributed by atoms with van der Waals surface area (Å²) in [6.45, 7) is 0.532. The molecule has 6 nitrogen and oxygen atoms in total. The van der Waals surface area contributed by atoms with Gasteiger partial charge in [0, 0.05) is 11.5 Å². The summed E-state index contributed by atoms with van der Waals surface area (Å²) < 4.78 is 14.0. The van der Waals surface area contributed by atoms with Crippen LogP contribution in [0.4, 0.5) is 14.9 Å². The number of amides is 2. The molecule has 1 aliphatic heterocycles. The van der Waals surface area contributed by atoms with Crippen molar-refractivity contribution in [1.29, 1.82) is 0 Å². The molecule has 31 heavy (non-hydrogen) atoms. The smallest absolute Gasteiger partial charge is 0.322 e. The molecular formula is C23H27ClFN5O. The standard InChI is InChI=1S/C23H27ClFN5O/c1-29(2)23(16-4-3-5-17(25)12-16)10-8-22(9-11-23)14-30(21(31)28-22)18-13-26-20(15-6-7-15)27-19(18)24/h3-5,12-13,15H,6-11,14H2,1-2H3,(H,28,31)/t22-,23+. The first kappa shape index (κ1) is 20.6. The highest BCUT2D eigenvalue weighted by atomic mass is 35.5. The van der Waals surface area contributed by atoms with E-state index in [9.17, 15) is 9.18 Å². The predicted octanol–water partition coefficient (Wildman–Crippen LogP) is 4.45. The van der Waals surface area contributed by atoms with E-state index in [0.29, 0.717) is 23.3 Å². The Hall–Kier alpha value is -2.25. The molecule has 5 rings (SSSR count). The molecule has 2 aliphatic carbocycles. The van der Waals surface area contributed by atoms with E-state index < -0.39 is 0 Å². The molecule has 3 aliphatic rings. The van der Waals surface area contributed by atoms with Gasteiger partial charge in [0.25, 0.3) is 0 Å². The van der Waals surface area contributed by atoms with Crippen molar-refractivity contribution in [3.05, 3.63) is 52.8 Å². The van der Waals surface area contributed by atoms with E-state index in [4.69, 9.17) is 11.6 Å². The second-order valence-electron chi connectivity index (χ2n) is 9.41. The molecule has 0 unspecified atom stereocenters. The van der Waals surface area contributed by atoms with Crippen molar-refractivity contribution in [2.45, 2.75) is 55.5 Å². The number of hydrogen-bond donors (Lipinski definition) is 1. The van der Waals surface area contributed by atoms with Crippen molar-refractivity contribution in [2.75, 3.05) is 25.5 Å². The van der Waals surface area contributed by atoms with Gasteiger partial charge in [0.2, 0.25) is 0 Å². The number of anilines is 1. The monoisotopic (exact) mass is 443 g/mol. The summed E-state index contributed by atoms with van der Waals surface area (Å²) in [7, 11) is 4.09. The Balaban J connectivity index is 1.36. The Morgan fingerprint density at radius 3 is 2.58 bits per heavy atom. The molecule has 1 N–H and O–H groups in total. The van der Waals surface area contributed by atoms with Crippen LogP contribution in [0.2, 0.25) is 5.15 Å². The van der Waals surface area contributed by atoms with Crippen LogP contribution in [0, 0.1) is 5.82 Å². The largest absolute Gasteiger partial charge is 0.330 e. The number of carbonyl (C=O) groups excluding carboxylic acids is 1. The van der Waals surface area contributed by atoms with Gasteiger partial charge in [-0.25, -0.2) is 19.2 Å². The van der Waals surface area contributed by atoms with E-state index in [1.165, 1.54) is 6.07 Å². The van der Waals surface area contributed by atoms with Crippen molar-refractivity contribution in [3.63, 3.8) is 0 Å². The van der Waals surface area contributed by atoms with Crippen LogP contribution in [-0.4, -0.2) is 47.1 Å². The van der Waals surface area contributed by atoms with Crippen LogP contribution in [0.5, 0.6) is 0 Å². The summed E-state index contributed by atoms with van der Waals surface area (Å²) in [6, 6.07) is 6.72. The first-order valence-corrected chi connectivity index (χ1v) is 11.3. The van der Waals surface area contributed by atoms with Crippen LogP contribution < -0.4 is 10.2 Å². The van der Waals surface area contributed by atoms with Crippen molar-refractivity contribution in [2.24, 2.45) is 0 Å². The zero-order chi connectivity index (χ0) is 21.8. The highest BCUT2D eigenvalue weighted by molar-refractivity contribution is 6.32. The molecule has 2 amide bonds. The van der Waals surface area contributed by atoms with Crippen LogP contribution in [0.1, 0.15) is 55.8 Å². The van der Waals surface area contributed by atoms with E-state index >= 15 is 0 Å². The molecule has 1 saturated heterocycles. The van der Waals surface area contributed by atoms with Gasteiger partial charge >= 0.3 is 6.03 Å². The van der Waals surface area contributed by atoms with Crippen molar-refractivity contribution in [1.82, 2.24) is 20.2 Å². The fourth-order valence-electron chi connectivity index (χ4n) is 5.19. The topological polar surface area (TPSA) is 61.4 Å². The highest BCUT2D eigenvalue weighted by Gasteiger charge is 2.50. The summed E-state index contributed by atoms with van der Waals surface area (Å²) in [5, 5.41) is 3.55. The molecule has 0 bridgehead atoms. The minimum Gasteiger partial charge on any atom is -0.330 e. The summed E-state index contributed by atoms with van der Waals surface area (Å²) >= 11 is 6.44. The third-order valence-electron chi connectivity index (χ3n) is 7.31. The zero-order valence-corrected chi connectivity index (χ0v) is 18.6. The highest BCUT2D eigenvalue weighted by Crippen LogP contribution is 2.47. The van der Waals surface area contributed by atoms with E-state index in [1.807, 2.05) is 20.2 Å². The molecule has 1 spiro atoms. The van der Waals surface area contributed by atoms with Gasteiger partial charge in [-0.3, -0.25) is 9.80 Å². The number of rotatable bonds is 4. The molecule has 3 fully saturated rings. The molecule has 2 aromatic rings. The minimum atomic E-state index is -0.331. The van der Waals surface area contributed by atoms with Gasteiger partial charge in [0.1, 0.15) is 17.3 Å². The number of hydrogen-bond acceptors (Lipinski definition) is 4. The lowest BCUT2D eigenvalue weighted by molar-refractivity contribution is 0.0655. The van der Waals surface area contributed by atoms with Crippen LogP contribution in [0.15, 0.2) is 30.5 Å². The molecule has 1 aromatic carbocycles. The van der Waals surface area contributed by atoms with Crippen LogP contribution in [0.25, 0.3) is 0 Å². The maximum Gasteiger partial charge on any atom is 0.322 e. The van der Waals surface area contributed by atoms with E-state index in [2.05, 4.69) is 20.2 Å². The van der Waals surface area contributed by atoms with Crippen LogP contribution in [-0.2, 0) is 5.54 Å². The van der Waals surface area contributed by atoms with Gasteiger partial charge in [0.15, 0.2) is 5.15 Å². The number of carbonyl (C=O) groups is 1. The Bertz CT molecular complexity index is 1020. The third-order valence-corrected chi connectivity index (χ3v) is 7.58. The second kappa shape index (κ2) is 7.41. The van der Waals surface area contributed by atoms with E-state index in [0.717, 1.165) is 49.9 Å². The quantitative estimate of drug-likeness (QED) is 0.709. The Kier molecular flexibility index (Phi) is 4.94. The van der Waals surface area contributed by atoms with Crippen LogP contribution in [0.3, 0.4) is 0 Å². The molecular weight excluding hydrogens is 417 g/mol. The first-order chi connectivity index (χ1) is 14.8. The van der Waals surface area contributed by atoms with Crippen molar-refractivity contribution >= 4 is 23.3 Å². The molecule has 164 valence electrons. The van der Waals surface area contributed by atoms with Gasteiger partial charge < -0.3 is 5.32 Å². The van der Waals surface area contributed by atoms with E-state index in [-0.39, 0.29) is 22.9 Å². The molecule has 1 aromatic heterocycles. The maximum absolute atomic E-state index is 14.0. The normalized spacial score (nSPS) is 28.4. The minimum absolute atomic E-state index is 0.159. The van der Waals surface area contributed by atoms with Gasteiger partial charge in [-0.05, 0) is 70.3 Å². The van der Waals surface area contributed by atoms with Crippen LogP contribution >= 0.6 is 11.6 Å². The van der Waals surface area contributed by atoms with E-state index in [1.54, 1.807) is 23.2 Å². The number of nitrogens with one attached hydrogen (secondary N) is 1. The fraction of sp³-hybridized carbons (Fsp3) is 0.522. The first-order valence-electron chi connectivity index (χ1n) is 10.9. The van der Waals surface area contributed by atoms with Crippen molar-refractivity contribution < 1.29 is 9.18 Å². The summed E-state index contributed by atoms with van der Waals surface area (Å²) in [5.41, 5.74) is 0.969. The Morgan fingerprint density at radius 2 is 1.97 bits per heavy atom. The molecule has 2 saturated carbocycles. The molecule has 8 heteroatoms. The number of aromatic nitrogens is 2. The zero-order valence-electron chi connectivity index (χ0n) is 17.9. The maximum atomic E-state index is 14.0. The lowest BCUT2D eigenvalue weighted by atomic mass is 9.69. The van der Waals surface area contributed by atoms with Crippen molar-refractivity contribution in [3.8, 4) is 0 Å².